The van der Waals surface area contributed by atoms with E-state index in [1.54, 1.807) is 6.20 Å². The Morgan fingerprint density at radius 1 is 1.44 bits per heavy atom. The number of hydrogen-bond acceptors (Lipinski definition) is 4. The average Bonchev–Trinajstić information content (AvgIpc) is 2.78. The molecule has 1 unspecified atom stereocenters. The highest BCUT2D eigenvalue weighted by molar-refractivity contribution is 9.10. The first-order valence-corrected chi connectivity index (χ1v) is 12.8. The molecule has 25 heavy (non-hydrogen) atoms. The van der Waals surface area contributed by atoms with E-state index in [9.17, 15) is 4.79 Å². The second-order valence-electron chi connectivity index (χ2n) is 8.32. The SMILES string of the molecule is CC[C@H]1O[C@@H](n2cc(Br)c(=O)[nH]c2=S)[C@@H](O[Si](C)(C)C(C)(C)C)C1C. The quantitative estimate of drug-likeness (QED) is 0.519. The van der Waals surface area contributed by atoms with Crippen LogP contribution in [0.2, 0.25) is 18.1 Å². The fourth-order valence-corrected chi connectivity index (χ4v) is 4.81. The predicted octanol–water partition coefficient (Wildman–Crippen LogP) is 5.00. The van der Waals surface area contributed by atoms with E-state index in [1.807, 2.05) is 4.57 Å². The summed E-state index contributed by atoms with van der Waals surface area (Å²) >= 11 is 8.67. The zero-order valence-corrected chi connectivity index (χ0v) is 19.5. The molecule has 4 atom stereocenters. The lowest BCUT2D eigenvalue weighted by Crippen LogP contribution is -2.47. The minimum atomic E-state index is -1.98. The maximum Gasteiger partial charge on any atom is 0.265 e. The van der Waals surface area contributed by atoms with Gasteiger partial charge < -0.3 is 9.16 Å². The summed E-state index contributed by atoms with van der Waals surface area (Å²) in [5.74, 6) is 0.247. The minimum Gasteiger partial charge on any atom is -0.409 e. The molecule has 5 nitrogen and oxygen atoms in total. The zero-order chi connectivity index (χ0) is 19.2. The summed E-state index contributed by atoms with van der Waals surface area (Å²) in [6.07, 6.45) is 2.28. The molecule has 0 aromatic carbocycles. The lowest BCUT2D eigenvalue weighted by atomic mass is 9.99. The number of rotatable bonds is 4. The molecule has 0 spiro atoms. The first kappa shape index (κ1) is 21.0. The van der Waals surface area contributed by atoms with Crippen LogP contribution in [0.5, 0.6) is 0 Å². The van der Waals surface area contributed by atoms with Gasteiger partial charge >= 0.3 is 0 Å². The molecule has 0 saturated carbocycles. The van der Waals surface area contributed by atoms with Crippen molar-refractivity contribution < 1.29 is 9.16 Å². The van der Waals surface area contributed by atoms with Crippen LogP contribution in [0, 0.1) is 10.7 Å². The molecule has 0 radical (unpaired) electrons. The van der Waals surface area contributed by atoms with Crippen LogP contribution in [0.4, 0.5) is 0 Å². The molecule has 1 aliphatic rings. The third-order valence-corrected chi connectivity index (χ3v) is 10.9. The molecule has 1 saturated heterocycles. The van der Waals surface area contributed by atoms with E-state index < -0.39 is 8.32 Å². The fourth-order valence-electron chi connectivity index (χ4n) is 2.88. The van der Waals surface area contributed by atoms with Crippen LogP contribution in [0.25, 0.3) is 0 Å². The lowest BCUT2D eigenvalue weighted by Gasteiger charge is -2.40. The molecule has 1 fully saturated rings. The van der Waals surface area contributed by atoms with Crippen LogP contribution < -0.4 is 5.56 Å². The molecule has 142 valence electrons. The number of nitrogens with zero attached hydrogens (tertiary/aromatic N) is 1. The van der Waals surface area contributed by atoms with Gasteiger partial charge in [-0.1, -0.05) is 34.6 Å². The van der Waals surface area contributed by atoms with Crippen molar-refractivity contribution in [2.24, 2.45) is 5.92 Å². The van der Waals surface area contributed by atoms with Gasteiger partial charge in [-0.15, -0.1) is 0 Å². The van der Waals surface area contributed by atoms with E-state index in [2.05, 4.69) is 68.6 Å². The number of ether oxygens (including phenoxy) is 1. The second kappa shape index (κ2) is 7.38. The average molecular weight is 449 g/mol. The summed E-state index contributed by atoms with van der Waals surface area (Å²) in [5.41, 5.74) is -0.235. The molecule has 0 bridgehead atoms. The van der Waals surface area contributed by atoms with Gasteiger partial charge in [0.2, 0.25) is 0 Å². The molecule has 0 amide bonds. The van der Waals surface area contributed by atoms with Gasteiger partial charge in [0, 0.05) is 12.1 Å². The molecule has 1 N–H and O–H groups in total. The van der Waals surface area contributed by atoms with Crippen molar-refractivity contribution in [2.75, 3.05) is 0 Å². The van der Waals surface area contributed by atoms with Gasteiger partial charge in [-0.25, -0.2) is 0 Å². The van der Waals surface area contributed by atoms with E-state index in [1.165, 1.54) is 0 Å². The molecule has 1 aromatic rings. The van der Waals surface area contributed by atoms with E-state index in [4.69, 9.17) is 21.4 Å². The lowest BCUT2D eigenvalue weighted by molar-refractivity contribution is -0.0361. The van der Waals surface area contributed by atoms with Gasteiger partial charge in [0.15, 0.2) is 19.3 Å². The van der Waals surface area contributed by atoms with Crippen LogP contribution in [0.15, 0.2) is 15.5 Å². The van der Waals surface area contributed by atoms with Gasteiger partial charge in [-0.3, -0.25) is 14.3 Å². The summed E-state index contributed by atoms with van der Waals surface area (Å²) in [6, 6.07) is 0. The van der Waals surface area contributed by atoms with E-state index >= 15 is 0 Å². The van der Waals surface area contributed by atoms with Gasteiger partial charge in [0.05, 0.1) is 16.7 Å². The van der Waals surface area contributed by atoms with E-state index in [0.29, 0.717) is 9.24 Å². The number of H-pyrrole nitrogens is 1. The van der Waals surface area contributed by atoms with Gasteiger partial charge in [0.25, 0.3) is 5.56 Å². The molecular formula is C17H29BrN2O3SSi. The van der Waals surface area contributed by atoms with Gasteiger partial charge in [-0.05, 0) is 52.7 Å². The van der Waals surface area contributed by atoms with E-state index in [0.717, 1.165) is 6.42 Å². The van der Waals surface area contributed by atoms with Crippen molar-refractivity contribution in [3.63, 3.8) is 0 Å². The van der Waals surface area contributed by atoms with Crippen LogP contribution in [0.3, 0.4) is 0 Å². The Balaban J connectivity index is 2.46. The number of hydrogen-bond donors (Lipinski definition) is 1. The first-order valence-electron chi connectivity index (χ1n) is 8.73. The maximum atomic E-state index is 11.8. The Morgan fingerprint density at radius 2 is 2.04 bits per heavy atom. The third-order valence-electron chi connectivity index (χ3n) is 5.54. The smallest absolute Gasteiger partial charge is 0.265 e. The Labute approximate surface area is 164 Å². The number of nitrogens with one attached hydrogen (secondary N) is 1. The monoisotopic (exact) mass is 448 g/mol. The Kier molecular flexibility index (Phi) is 6.21. The molecular weight excluding hydrogens is 420 g/mol. The summed E-state index contributed by atoms with van der Waals surface area (Å²) in [7, 11) is -1.98. The molecule has 0 aliphatic carbocycles. The van der Waals surface area contributed by atoms with Crippen LogP contribution in [0.1, 0.15) is 47.3 Å². The maximum absolute atomic E-state index is 11.8. The second-order valence-corrected chi connectivity index (χ2v) is 14.3. The Hall–Kier alpha value is -0.283. The van der Waals surface area contributed by atoms with Crippen LogP contribution in [-0.2, 0) is 9.16 Å². The highest BCUT2D eigenvalue weighted by atomic mass is 79.9. The molecule has 2 heterocycles. The zero-order valence-electron chi connectivity index (χ0n) is 16.1. The van der Waals surface area contributed by atoms with Crippen LogP contribution >= 0.6 is 28.1 Å². The first-order chi connectivity index (χ1) is 11.4. The molecule has 8 heteroatoms. The van der Waals surface area contributed by atoms with Crippen molar-refractivity contribution >= 4 is 36.5 Å². The van der Waals surface area contributed by atoms with Crippen molar-refractivity contribution in [2.45, 2.75) is 77.6 Å². The number of aromatic nitrogens is 2. The number of aromatic amines is 1. The largest absolute Gasteiger partial charge is 0.409 e. The Morgan fingerprint density at radius 3 is 2.56 bits per heavy atom. The van der Waals surface area contributed by atoms with Gasteiger partial charge in [0.1, 0.15) is 0 Å². The van der Waals surface area contributed by atoms with Crippen molar-refractivity contribution in [3.8, 4) is 0 Å². The normalized spacial score (nSPS) is 27.7. The Bertz CT molecular complexity index is 741. The summed E-state index contributed by atoms with van der Waals surface area (Å²) in [4.78, 5) is 14.5. The van der Waals surface area contributed by atoms with Gasteiger partial charge in [-0.2, -0.15) is 0 Å². The minimum absolute atomic E-state index is 0.102. The summed E-state index contributed by atoms with van der Waals surface area (Å²) in [5, 5.41) is 0.106. The fraction of sp³-hybridized carbons (Fsp3) is 0.765. The topological polar surface area (TPSA) is 56.2 Å². The predicted molar refractivity (Wildman–Crippen MR) is 109 cm³/mol. The summed E-state index contributed by atoms with van der Waals surface area (Å²) < 4.78 is 15.6. The van der Waals surface area contributed by atoms with Crippen molar-refractivity contribution in [3.05, 3.63) is 25.8 Å². The van der Waals surface area contributed by atoms with Crippen molar-refractivity contribution in [1.29, 1.82) is 0 Å². The summed E-state index contributed by atoms with van der Waals surface area (Å²) in [6.45, 7) is 15.5. The number of halogens is 1. The van der Waals surface area contributed by atoms with Crippen molar-refractivity contribution in [1.82, 2.24) is 9.55 Å². The van der Waals surface area contributed by atoms with Crippen LogP contribution in [-0.4, -0.2) is 30.1 Å². The molecule has 1 aliphatic heterocycles. The third kappa shape index (κ3) is 4.18. The van der Waals surface area contributed by atoms with E-state index in [-0.39, 0.29) is 35.0 Å². The molecule has 1 aromatic heterocycles. The highest BCUT2D eigenvalue weighted by Crippen LogP contribution is 2.44. The molecule has 2 rings (SSSR count). The standard InChI is InChI=1S/C17H29BrN2O3SSi/c1-8-12-10(2)13(23-25(6,7)17(3,4)5)15(22-12)20-9-11(18)14(21)19-16(20)24/h9-10,12-13,15H,8H2,1-7H3,(H,19,21,24)/t10?,12-,13+,15-/m1/s1. The highest BCUT2D eigenvalue weighted by Gasteiger charge is 2.48.